The van der Waals surface area contributed by atoms with Crippen LogP contribution in [-0.4, -0.2) is 9.97 Å². The standard InChI is InChI=1S/C12H10F3N3O/c13-12(14,15)8-2-1-3-10(6-8)19-11-17-5-4-9(7-16)18-11/h1-6H,7,16H2. The molecule has 0 amide bonds. The second-order valence-electron chi connectivity index (χ2n) is 3.66. The Labute approximate surface area is 107 Å². The molecule has 19 heavy (non-hydrogen) atoms. The van der Waals surface area contributed by atoms with Crippen molar-refractivity contribution in [2.75, 3.05) is 0 Å². The van der Waals surface area contributed by atoms with Crippen molar-refractivity contribution in [3.8, 4) is 11.8 Å². The topological polar surface area (TPSA) is 61.0 Å². The van der Waals surface area contributed by atoms with Gasteiger partial charge in [0.25, 0.3) is 0 Å². The lowest BCUT2D eigenvalue weighted by atomic mass is 10.2. The predicted octanol–water partition coefficient (Wildman–Crippen LogP) is 2.75. The molecule has 0 saturated carbocycles. The Hall–Kier alpha value is -2.15. The fourth-order valence-corrected chi connectivity index (χ4v) is 1.38. The van der Waals surface area contributed by atoms with Gasteiger partial charge in [-0.05, 0) is 24.3 Å². The quantitative estimate of drug-likeness (QED) is 0.930. The van der Waals surface area contributed by atoms with E-state index in [0.717, 1.165) is 12.1 Å². The molecule has 0 bridgehead atoms. The lowest BCUT2D eigenvalue weighted by molar-refractivity contribution is -0.137. The molecular formula is C12H10F3N3O. The van der Waals surface area contributed by atoms with Crippen molar-refractivity contribution in [1.82, 2.24) is 9.97 Å². The minimum Gasteiger partial charge on any atom is -0.424 e. The van der Waals surface area contributed by atoms with Crippen LogP contribution < -0.4 is 10.5 Å². The van der Waals surface area contributed by atoms with Crippen molar-refractivity contribution >= 4 is 0 Å². The van der Waals surface area contributed by atoms with Gasteiger partial charge >= 0.3 is 12.2 Å². The van der Waals surface area contributed by atoms with E-state index in [0.29, 0.717) is 5.69 Å². The summed E-state index contributed by atoms with van der Waals surface area (Å²) in [6.45, 7) is 0.196. The lowest BCUT2D eigenvalue weighted by Crippen LogP contribution is -2.05. The monoisotopic (exact) mass is 269 g/mol. The summed E-state index contributed by atoms with van der Waals surface area (Å²) >= 11 is 0. The van der Waals surface area contributed by atoms with E-state index in [4.69, 9.17) is 10.5 Å². The zero-order chi connectivity index (χ0) is 13.9. The minimum atomic E-state index is -4.42. The van der Waals surface area contributed by atoms with Crippen molar-refractivity contribution in [1.29, 1.82) is 0 Å². The predicted molar refractivity (Wildman–Crippen MR) is 61.4 cm³/mol. The van der Waals surface area contributed by atoms with Crippen LogP contribution in [0, 0.1) is 0 Å². The molecule has 0 aliphatic rings. The normalized spacial score (nSPS) is 11.4. The van der Waals surface area contributed by atoms with Crippen LogP contribution in [-0.2, 0) is 12.7 Å². The van der Waals surface area contributed by atoms with Gasteiger partial charge < -0.3 is 10.5 Å². The van der Waals surface area contributed by atoms with Crippen LogP contribution in [0.5, 0.6) is 11.8 Å². The average Bonchev–Trinajstić information content (AvgIpc) is 2.38. The number of rotatable bonds is 3. The molecule has 4 nitrogen and oxygen atoms in total. The molecule has 0 atom stereocenters. The lowest BCUT2D eigenvalue weighted by Gasteiger charge is -2.09. The van der Waals surface area contributed by atoms with Gasteiger partial charge in [0.05, 0.1) is 11.3 Å². The molecule has 0 aliphatic heterocycles. The molecule has 100 valence electrons. The molecule has 1 aromatic carbocycles. The number of hydrogen-bond acceptors (Lipinski definition) is 4. The summed E-state index contributed by atoms with van der Waals surface area (Å²) in [4.78, 5) is 7.74. The van der Waals surface area contributed by atoms with Gasteiger partial charge in [-0.3, -0.25) is 0 Å². The number of ether oxygens (including phenoxy) is 1. The second kappa shape index (κ2) is 5.23. The van der Waals surface area contributed by atoms with Gasteiger partial charge in [0.1, 0.15) is 5.75 Å². The maximum absolute atomic E-state index is 12.5. The zero-order valence-corrected chi connectivity index (χ0v) is 9.69. The molecular weight excluding hydrogens is 259 g/mol. The highest BCUT2D eigenvalue weighted by Crippen LogP contribution is 2.32. The summed E-state index contributed by atoms with van der Waals surface area (Å²) in [7, 11) is 0. The van der Waals surface area contributed by atoms with Gasteiger partial charge in [0.15, 0.2) is 0 Å². The molecule has 1 aromatic heterocycles. The first-order valence-electron chi connectivity index (χ1n) is 5.36. The van der Waals surface area contributed by atoms with Crippen LogP contribution in [0.15, 0.2) is 36.5 Å². The third-order valence-corrected chi connectivity index (χ3v) is 2.27. The number of nitrogens with zero attached hydrogens (tertiary/aromatic N) is 2. The van der Waals surface area contributed by atoms with Gasteiger partial charge in [-0.25, -0.2) is 4.98 Å². The molecule has 0 saturated heterocycles. The van der Waals surface area contributed by atoms with Gasteiger partial charge in [0, 0.05) is 12.7 Å². The molecule has 2 aromatic rings. The van der Waals surface area contributed by atoms with E-state index in [2.05, 4.69) is 9.97 Å². The van der Waals surface area contributed by atoms with Gasteiger partial charge in [-0.1, -0.05) is 6.07 Å². The van der Waals surface area contributed by atoms with Crippen LogP contribution in [0.3, 0.4) is 0 Å². The highest BCUT2D eigenvalue weighted by Gasteiger charge is 2.30. The molecule has 2 N–H and O–H groups in total. The summed E-state index contributed by atoms with van der Waals surface area (Å²) in [6.07, 6.45) is -2.99. The van der Waals surface area contributed by atoms with Crippen LogP contribution in [0.25, 0.3) is 0 Å². The van der Waals surface area contributed by atoms with E-state index in [1.807, 2.05) is 0 Å². The Bertz CT molecular complexity index is 572. The molecule has 2 rings (SSSR count). The highest BCUT2D eigenvalue weighted by atomic mass is 19.4. The van der Waals surface area contributed by atoms with E-state index < -0.39 is 11.7 Å². The Morgan fingerprint density at radius 3 is 2.68 bits per heavy atom. The van der Waals surface area contributed by atoms with Crippen molar-refractivity contribution in [2.24, 2.45) is 5.73 Å². The van der Waals surface area contributed by atoms with E-state index in [1.165, 1.54) is 18.3 Å². The van der Waals surface area contributed by atoms with E-state index in [-0.39, 0.29) is 18.3 Å². The first-order chi connectivity index (χ1) is 8.99. The second-order valence-corrected chi connectivity index (χ2v) is 3.66. The summed E-state index contributed by atoms with van der Waals surface area (Å²) < 4.78 is 42.7. The van der Waals surface area contributed by atoms with E-state index in [9.17, 15) is 13.2 Å². The molecule has 0 aliphatic carbocycles. The van der Waals surface area contributed by atoms with Gasteiger partial charge in [-0.2, -0.15) is 18.2 Å². The maximum atomic E-state index is 12.5. The first kappa shape index (κ1) is 13.3. The molecule has 0 spiro atoms. The number of halogens is 3. The molecule has 7 heteroatoms. The van der Waals surface area contributed by atoms with Crippen LogP contribution in [0.4, 0.5) is 13.2 Å². The molecule has 0 unspecified atom stereocenters. The Morgan fingerprint density at radius 2 is 2.00 bits per heavy atom. The number of benzene rings is 1. The fourth-order valence-electron chi connectivity index (χ4n) is 1.38. The van der Waals surface area contributed by atoms with Crippen molar-refractivity contribution in [3.63, 3.8) is 0 Å². The number of aromatic nitrogens is 2. The molecule has 1 heterocycles. The van der Waals surface area contributed by atoms with Crippen molar-refractivity contribution in [3.05, 3.63) is 47.8 Å². The summed E-state index contributed by atoms with van der Waals surface area (Å²) in [5.41, 5.74) is 5.15. The Balaban J connectivity index is 2.23. The highest BCUT2D eigenvalue weighted by molar-refractivity contribution is 5.32. The van der Waals surface area contributed by atoms with Gasteiger partial charge in [-0.15, -0.1) is 0 Å². The van der Waals surface area contributed by atoms with E-state index >= 15 is 0 Å². The Morgan fingerprint density at radius 1 is 1.21 bits per heavy atom. The average molecular weight is 269 g/mol. The Kier molecular flexibility index (Phi) is 3.66. The molecule has 0 radical (unpaired) electrons. The first-order valence-corrected chi connectivity index (χ1v) is 5.36. The van der Waals surface area contributed by atoms with Crippen molar-refractivity contribution in [2.45, 2.75) is 12.7 Å². The largest absolute Gasteiger partial charge is 0.424 e. The van der Waals surface area contributed by atoms with Crippen LogP contribution >= 0.6 is 0 Å². The minimum absolute atomic E-state index is 0.0176. The molecule has 0 fully saturated rings. The smallest absolute Gasteiger partial charge is 0.416 e. The van der Waals surface area contributed by atoms with Crippen LogP contribution in [0.1, 0.15) is 11.3 Å². The summed E-state index contributed by atoms with van der Waals surface area (Å²) in [5, 5.41) is 0. The van der Waals surface area contributed by atoms with E-state index in [1.54, 1.807) is 6.07 Å². The van der Waals surface area contributed by atoms with Gasteiger partial charge in [0.2, 0.25) is 0 Å². The SMILES string of the molecule is NCc1ccnc(Oc2cccc(C(F)(F)F)c2)n1. The number of nitrogens with two attached hydrogens (primary N) is 1. The van der Waals surface area contributed by atoms with Crippen LogP contribution in [0.2, 0.25) is 0 Å². The maximum Gasteiger partial charge on any atom is 0.416 e. The summed E-state index contributed by atoms with van der Waals surface area (Å²) in [6, 6.07) is 6.06. The third-order valence-electron chi connectivity index (χ3n) is 2.27. The third kappa shape index (κ3) is 3.41. The fraction of sp³-hybridized carbons (Fsp3) is 0.167. The zero-order valence-electron chi connectivity index (χ0n) is 9.69. The summed E-state index contributed by atoms with van der Waals surface area (Å²) in [5.74, 6) is 0.0176. The number of hydrogen-bond donors (Lipinski definition) is 1. The van der Waals surface area contributed by atoms with Crippen molar-refractivity contribution < 1.29 is 17.9 Å². The number of alkyl halides is 3.